The van der Waals surface area contributed by atoms with Crippen molar-refractivity contribution in [2.75, 3.05) is 25.9 Å². The highest BCUT2D eigenvalue weighted by atomic mass is 32.2. The first-order valence-electron chi connectivity index (χ1n) is 14.9. The van der Waals surface area contributed by atoms with E-state index in [0.717, 1.165) is 41.0 Å². The van der Waals surface area contributed by atoms with Gasteiger partial charge in [0, 0.05) is 66.4 Å². The van der Waals surface area contributed by atoms with Crippen LogP contribution >= 0.6 is 0 Å². The second kappa shape index (κ2) is 10.3. The number of piperidine rings is 2. The zero-order valence-corrected chi connectivity index (χ0v) is 25.0. The minimum Gasteiger partial charge on any atom is -0.344 e. The maximum absolute atomic E-state index is 11.9. The lowest BCUT2D eigenvalue weighted by molar-refractivity contribution is 0.0401. The average molecular weight is 549 g/mol. The van der Waals surface area contributed by atoms with Crippen molar-refractivity contribution < 1.29 is 8.42 Å². The maximum Gasteiger partial charge on any atom is 0.175 e. The lowest BCUT2D eigenvalue weighted by atomic mass is 9.88. The first kappa shape index (κ1) is 27.0. The van der Waals surface area contributed by atoms with Crippen LogP contribution in [0.4, 0.5) is 0 Å². The smallest absolute Gasteiger partial charge is 0.175 e. The zero-order valence-electron chi connectivity index (χ0n) is 24.2. The van der Waals surface area contributed by atoms with E-state index in [2.05, 4.69) is 54.3 Å². The van der Waals surface area contributed by atoms with Gasteiger partial charge in [0.05, 0.1) is 10.4 Å². The molecule has 0 spiro atoms. The van der Waals surface area contributed by atoms with E-state index in [1.807, 2.05) is 12.1 Å². The molecule has 0 radical (unpaired) electrons. The molecule has 2 aromatic heterocycles. The van der Waals surface area contributed by atoms with Crippen molar-refractivity contribution >= 4 is 20.7 Å². The summed E-state index contributed by atoms with van der Waals surface area (Å²) in [5.41, 5.74) is 5.61. The Bertz CT molecular complexity index is 1440. The fraction of sp³-hybridized carbons (Fsp3) is 0.594. The second-order valence-electron chi connectivity index (χ2n) is 12.9. The van der Waals surface area contributed by atoms with E-state index in [1.54, 1.807) is 12.1 Å². The third-order valence-corrected chi connectivity index (χ3v) is 10.9. The molecule has 3 aromatic rings. The summed E-state index contributed by atoms with van der Waals surface area (Å²) in [5, 5.41) is 1.17. The number of hydrogen-bond acceptors (Lipinski definition) is 5. The molecule has 6 nitrogen and oxygen atoms in total. The Morgan fingerprint density at radius 3 is 2.18 bits per heavy atom. The van der Waals surface area contributed by atoms with Crippen LogP contribution in [0.1, 0.15) is 69.7 Å². The molecular formula is C32H44N4O2S. The molecule has 5 heterocycles. The molecule has 39 heavy (non-hydrogen) atoms. The van der Waals surface area contributed by atoms with Crippen LogP contribution in [0.15, 0.2) is 41.3 Å². The summed E-state index contributed by atoms with van der Waals surface area (Å²) in [6.07, 6.45) is 9.12. The van der Waals surface area contributed by atoms with Gasteiger partial charge in [0.25, 0.3) is 0 Å². The van der Waals surface area contributed by atoms with Gasteiger partial charge >= 0.3 is 0 Å². The van der Waals surface area contributed by atoms with E-state index in [9.17, 15) is 8.42 Å². The highest BCUT2D eigenvalue weighted by Gasteiger charge is 2.42. The molecule has 2 atom stereocenters. The van der Waals surface area contributed by atoms with Gasteiger partial charge in [-0.25, -0.2) is 8.42 Å². The molecule has 0 N–H and O–H groups in total. The number of rotatable bonds is 6. The van der Waals surface area contributed by atoms with Crippen molar-refractivity contribution in [1.82, 2.24) is 19.4 Å². The lowest BCUT2D eigenvalue weighted by Gasteiger charge is -2.45. The van der Waals surface area contributed by atoms with Gasteiger partial charge in [-0.15, -0.1) is 0 Å². The molecule has 210 valence electrons. The number of sulfone groups is 1. The Morgan fingerprint density at radius 1 is 0.949 bits per heavy atom. The van der Waals surface area contributed by atoms with Crippen LogP contribution in [0.3, 0.4) is 0 Å². The topological polar surface area (TPSA) is 58.4 Å². The number of aromatic nitrogens is 2. The molecular weight excluding hydrogens is 504 g/mol. The van der Waals surface area contributed by atoms with E-state index in [1.165, 1.54) is 81.0 Å². The number of nitrogens with zero attached hydrogens (tertiary/aromatic N) is 4. The summed E-state index contributed by atoms with van der Waals surface area (Å²) in [5.74, 6) is 1.27. The van der Waals surface area contributed by atoms with Crippen LogP contribution in [0.2, 0.25) is 0 Å². The third kappa shape index (κ3) is 5.18. The lowest BCUT2D eigenvalue weighted by Crippen LogP contribution is -2.52. The predicted octanol–water partition coefficient (Wildman–Crippen LogP) is 5.78. The molecule has 3 fully saturated rings. The molecule has 0 saturated carbocycles. The number of benzene rings is 1. The van der Waals surface area contributed by atoms with Crippen molar-refractivity contribution in [3.05, 3.63) is 47.8 Å². The zero-order chi connectivity index (χ0) is 27.5. The monoisotopic (exact) mass is 548 g/mol. The molecule has 3 saturated heterocycles. The number of hydrogen-bond donors (Lipinski definition) is 0. The van der Waals surface area contributed by atoms with E-state index >= 15 is 0 Å². The Labute approximate surface area is 234 Å². The van der Waals surface area contributed by atoms with Gasteiger partial charge in [0.2, 0.25) is 0 Å². The van der Waals surface area contributed by atoms with Crippen LogP contribution in [0, 0.1) is 12.8 Å². The van der Waals surface area contributed by atoms with Gasteiger partial charge in [0.15, 0.2) is 9.84 Å². The average Bonchev–Trinajstić information content (AvgIpc) is 3.34. The highest BCUT2D eigenvalue weighted by Crippen LogP contribution is 2.40. The van der Waals surface area contributed by atoms with Gasteiger partial charge in [-0.3, -0.25) is 9.88 Å². The Balaban J connectivity index is 1.16. The van der Waals surface area contributed by atoms with Gasteiger partial charge in [-0.05, 0) is 94.3 Å². The van der Waals surface area contributed by atoms with Gasteiger partial charge in [-0.2, -0.15) is 0 Å². The van der Waals surface area contributed by atoms with Crippen molar-refractivity contribution in [3.63, 3.8) is 0 Å². The van der Waals surface area contributed by atoms with Crippen LogP contribution < -0.4 is 0 Å². The number of pyridine rings is 1. The van der Waals surface area contributed by atoms with Crippen molar-refractivity contribution in [3.8, 4) is 11.3 Å². The maximum atomic E-state index is 11.9. The van der Waals surface area contributed by atoms with Crippen molar-refractivity contribution in [2.24, 2.45) is 13.0 Å². The van der Waals surface area contributed by atoms with Crippen molar-refractivity contribution in [2.45, 2.75) is 88.2 Å². The first-order valence-corrected chi connectivity index (χ1v) is 16.7. The van der Waals surface area contributed by atoms with Crippen LogP contribution in [0.25, 0.3) is 22.2 Å². The summed E-state index contributed by atoms with van der Waals surface area (Å²) in [4.78, 5) is 11.1. The largest absolute Gasteiger partial charge is 0.344 e. The predicted molar refractivity (Wildman–Crippen MR) is 159 cm³/mol. The molecule has 7 heteroatoms. The normalized spacial score (nSPS) is 25.2. The van der Waals surface area contributed by atoms with Crippen LogP contribution in [0.5, 0.6) is 0 Å². The van der Waals surface area contributed by atoms with Crippen LogP contribution in [-0.2, 0) is 16.9 Å². The molecule has 0 aliphatic carbocycles. The summed E-state index contributed by atoms with van der Waals surface area (Å²) in [7, 11) is -1.10. The van der Waals surface area contributed by atoms with E-state index in [0.29, 0.717) is 10.8 Å². The highest BCUT2D eigenvalue weighted by molar-refractivity contribution is 7.90. The minimum atomic E-state index is -3.20. The summed E-state index contributed by atoms with van der Waals surface area (Å²) >= 11 is 0. The van der Waals surface area contributed by atoms with E-state index in [-0.39, 0.29) is 0 Å². The van der Waals surface area contributed by atoms with Crippen LogP contribution in [-0.4, -0.2) is 71.8 Å². The first-order chi connectivity index (χ1) is 18.6. The Morgan fingerprint density at radius 2 is 1.59 bits per heavy atom. The SMILES string of the molecule is Cc1nc(C2CCN(C3CC4CCC(C3)N4CC(C)C)CC2)cc2c1cc(-c1ccc(S(C)(=O)=O)cc1)n2C. The fourth-order valence-electron chi connectivity index (χ4n) is 7.69. The molecule has 3 aliphatic heterocycles. The standard InChI is InChI=1S/C32H44N4O2S/c1-21(2)20-36-25-8-9-26(36)17-27(16-25)35-14-12-23(13-15-35)30-19-32-29(22(3)33-30)18-31(34(32)4)24-6-10-28(11-7-24)39(5,37)38/h6-7,10-11,18-19,21,23,25-27H,8-9,12-17,20H2,1-5H3. The quantitative estimate of drug-likeness (QED) is 0.391. The molecule has 3 aliphatic rings. The molecule has 1 aromatic carbocycles. The van der Waals surface area contributed by atoms with E-state index in [4.69, 9.17) is 4.98 Å². The van der Waals surface area contributed by atoms with Gasteiger partial charge in [0.1, 0.15) is 0 Å². The molecule has 0 amide bonds. The molecule has 2 unspecified atom stereocenters. The van der Waals surface area contributed by atoms with Gasteiger partial charge < -0.3 is 9.47 Å². The Hall–Kier alpha value is -2.22. The number of likely N-dealkylation sites (tertiary alicyclic amines) is 1. The summed E-state index contributed by atoms with van der Waals surface area (Å²) in [6, 6.07) is 14.1. The summed E-state index contributed by atoms with van der Waals surface area (Å²) in [6.45, 7) is 10.5. The van der Waals surface area contributed by atoms with E-state index < -0.39 is 9.84 Å². The fourth-order valence-corrected chi connectivity index (χ4v) is 8.32. The van der Waals surface area contributed by atoms with Gasteiger partial charge in [-0.1, -0.05) is 26.0 Å². The Kier molecular flexibility index (Phi) is 7.13. The second-order valence-corrected chi connectivity index (χ2v) is 14.9. The number of fused-ring (bicyclic) bond motifs is 3. The minimum absolute atomic E-state index is 0.352. The molecule has 6 rings (SSSR count). The number of aryl methyl sites for hydroxylation is 2. The molecule has 2 bridgehead atoms. The van der Waals surface area contributed by atoms with Crippen molar-refractivity contribution in [1.29, 1.82) is 0 Å². The summed E-state index contributed by atoms with van der Waals surface area (Å²) < 4.78 is 26.0. The third-order valence-electron chi connectivity index (χ3n) is 9.73.